The maximum Gasteiger partial charge on any atom is 0.271 e. The van der Waals surface area contributed by atoms with Crippen molar-refractivity contribution in [1.82, 2.24) is 0 Å². The van der Waals surface area contributed by atoms with Crippen molar-refractivity contribution in [2.75, 3.05) is 12.4 Å². The van der Waals surface area contributed by atoms with Gasteiger partial charge in [0.25, 0.3) is 5.69 Å². The van der Waals surface area contributed by atoms with E-state index in [0.29, 0.717) is 28.0 Å². The van der Waals surface area contributed by atoms with Gasteiger partial charge in [0.1, 0.15) is 0 Å². The van der Waals surface area contributed by atoms with Crippen molar-refractivity contribution in [3.05, 3.63) is 62.1 Å². The number of non-ortho nitro benzene ring substituents is 1. The lowest BCUT2D eigenvalue weighted by molar-refractivity contribution is -0.384. The minimum Gasteiger partial charge on any atom is -0.494 e. The summed E-state index contributed by atoms with van der Waals surface area (Å²) in [5.74, 6) is 0.428. The fourth-order valence-corrected chi connectivity index (χ4v) is 2.53. The topological polar surface area (TPSA) is 64.4 Å². The van der Waals surface area contributed by atoms with Crippen molar-refractivity contribution < 1.29 is 9.66 Å². The number of nitro groups is 1. The van der Waals surface area contributed by atoms with Crippen LogP contribution in [0.1, 0.15) is 5.56 Å². The largest absolute Gasteiger partial charge is 0.494 e. The molecule has 0 atom stereocenters. The highest BCUT2D eigenvalue weighted by Crippen LogP contribution is 2.34. The summed E-state index contributed by atoms with van der Waals surface area (Å²) in [4.78, 5) is 10.3. The molecule has 5 nitrogen and oxygen atoms in total. The highest BCUT2D eigenvalue weighted by molar-refractivity contribution is 6.37. The van der Waals surface area contributed by atoms with Crippen molar-refractivity contribution in [3.8, 4) is 5.75 Å². The van der Waals surface area contributed by atoms with Crippen molar-refractivity contribution >= 4 is 34.6 Å². The first-order valence-electron chi connectivity index (χ1n) is 6.01. The highest BCUT2D eigenvalue weighted by atomic mass is 35.5. The quantitative estimate of drug-likeness (QED) is 0.648. The standard InChI is InChI=1S/C14H12Cl2N2O3/c1-21-14-12(15)5-9(6-13(14)16)8-17-10-3-2-4-11(7-10)18(19)20/h2-7,17H,8H2,1H3. The molecule has 0 saturated heterocycles. The number of methoxy groups -OCH3 is 1. The molecule has 0 unspecified atom stereocenters. The molecule has 0 radical (unpaired) electrons. The summed E-state index contributed by atoms with van der Waals surface area (Å²) in [6, 6.07) is 9.74. The third-order valence-corrected chi connectivity index (χ3v) is 3.38. The Morgan fingerprint density at radius 1 is 1.24 bits per heavy atom. The molecular formula is C14H12Cl2N2O3. The number of nitrogens with one attached hydrogen (secondary N) is 1. The van der Waals surface area contributed by atoms with Crippen LogP contribution in [0.15, 0.2) is 36.4 Å². The van der Waals surface area contributed by atoms with Gasteiger partial charge in [-0.25, -0.2) is 0 Å². The molecule has 0 saturated carbocycles. The summed E-state index contributed by atoms with van der Waals surface area (Å²) in [6.45, 7) is 0.435. The fourth-order valence-electron chi connectivity index (χ4n) is 1.84. The van der Waals surface area contributed by atoms with Crippen molar-refractivity contribution in [3.63, 3.8) is 0 Å². The van der Waals surface area contributed by atoms with Crippen molar-refractivity contribution in [2.24, 2.45) is 0 Å². The van der Waals surface area contributed by atoms with Gasteiger partial charge in [0.15, 0.2) is 5.75 Å². The van der Waals surface area contributed by atoms with Crippen molar-refractivity contribution in [2.45, 2.75) is 6.54 Å². The van der Waals surface area contributed by atoms with E-state index in [1.807, 2.05) is 0 Å². The molecule has 0 aliphatic heterocycles. The van der Waals surface area contributed by atoms with Gasteiger partial charge in [-0.2, -0.15) is 0 Å². The van der Waals surface area contributed by atoms with E-state index in [4.69, 9.17) is 27.9 Å². The van der Waals surface area contributed by atoms with Crippen LogP contribution in [-0.2, 0) is 6.54 Å². The molecule has 7 heteroatoms. The van der Waals surface area contributed by atoms with Crippen LogP contribution in [0.3, 0.4) is 0 Å². The second-order valence-electron chi connectivity index (χ2n) is 4.25. The molecule has 2 aromatic rings. The summed E-state index contributed by atoms with van der Waals surface area (Å²) in [5, 5.41) is 14.6. The molecule has 0 spiro atoms. The number of benzene rings is 2. The summed E-state index contributed by atoms with van der Waals surface area (Å²) in [7, 11) is 1.49. The van der Waals surface area contributed by atoms with E-state index in [1.165, 1.54) is 19.2 Å². The zero-order valence-corrected chi connectivity index (χ0v) is 12.6. The van der Waals surface area contributed by atoms with Gasteiger partial charge >= 0.3 is 0 Å². The predicted molar refractivity (Wildman–Crippen MR) is 83.4 cm³/mol. The number of anilines is 1. The number of hydrogen-bond acceptors (Lipinski definition) is 4. The average molecular weight is 327 g/mol. The fraction of sp³-hybridized carbons (Fsp3) is 0.143. The Bertz CT molecular complexity index is 654. The zero-order valence-electron chi connectivity index (χ0n) is 11.1. The Hall–Kier alpha value is -1.98. The van der Waals surface area contributed by atoms with Crippen LogP contribution in [0.4, 0.5) is 11.4 Å². The first-order chi connectivity index (χ1) is 10.0. The van der Waals surface area contributed by atoms with E-state index < -0.39 is 4.92 Å². The van der Waals surface area contributed by atoms with E-state index in [1.54, 1.807) is 24.3 Å². The Labute approximate surface area is 131 Å². The van der Waals surface area contributed by atoms with Gasteiger partial charge < -0.3 is 10.1 Å². The lowest BCUT2D eigenvalue weighted by Gasteiger charge is -2.10. The van der Waals surface area contributed by atoms with Crippen LogP contribution in [-0.4, -0.2) is 12.0 Å². The van der Waals surface area contributed by atoms with E-state index in [-0.39, 0.29) is 5.69 Å². The van der Waals surface area contributed by atoms with Crippen LogP contribution in [0.5, 0.6) is 5.75 Å². The Kier molecular flexibility index (Phi) is 4.88. The lowest BCUT2D eigenvalue weighted by atomic mass is 10.2. The minimum absolute atomic E-state index is 0.0331. The SMILES string of the molecule is COc1c(Cl)cc(CNc2cccc([N+](=O)[O-])c2)cc1Cl. The average Bonchev–Trinajstić information content (AvgIpc) is 2.45. The third-order valence-electron chi connectivity index (χ3n) is 2.82. The third kappa shape index (κ3) is 3.77. The number of rotatable bonds is 5. The normalized spacial score (nSPS) is 10.2. The van der Waals surface area contributed by atoms with E-state index in [2.05, 4.69) is 5.32 Å². The van der Waals surface area contributed by atoms with Crippen LogP contribution < -0.4 is 10.1 Å². The molecule has 0 aromatic heterocycles. The van der Waals surface area contributed by atoms with Gasteiger partial charge in [-0.05, 0) is 23.8 Å². The van der Waals surface area contributed by atoms with Crippen molar-refractivity contribution in [1.29, 1.82) is 0 Å². The molecule has 0 aliphatic carbocycles. The van der Waals surface area contributed by atoms with Gasteiger partial charge in [-0.15, -0.1) is 0 Å². The summed E-state index contributed by atoms with van der Waals surface area (Å²) < 4.78 is 5.08. The van der Waals surface area contributed by atoms with Crippen LogP contribution >= 0.6 is 23.2 Å². The Morgan fingerprint density at radius 3 is 2.48 bits per heavy atom. The maximum absolute atomic E-state index is 10.7. The van der Waals surface area contributed by atoms with Crippen LogP contribution in [0.25, 0.3) is 0 Å². The monoisotopic (exact) mass is 326 g/mol. The summed E-state index contributed by atoms with van der Waals surface area (Å²) in [5.41, 5.74) is 1.52. The van der Waals surface area contributed by atoms with Crippen LogP contribution in [0.2, 0.25) is 10.0 Å². The molecule has 0 fully saturated rings. The van der Waals surface area contributed by atoms with Gasteiger partial charge in [0.2, 0.25) is 0 Å². The predicted octanol–water partition coefficient (Wildman–Crippen LogP) is 4.52. The maximum atomic E-state index is 10.7. The number of hydrogen-bond donors (Lipinski definition) is 1. The van der Waals surface area contributed by atoms with E-state index in [0.717, 1.165) is 5.56 Å². The van der Waals surface area contributed by atoms with E-state index in [9.17, 15) is 10.1 Å². The number of nitro benzene ring substituents is 1. The first kappa shape index (κ1) is 15.4. The number of halogens is 2. The number of nitrogens with zero attached hydrogens (tertiary/aromatic N) is 1. The molecule has 2 aromatic carbocycles. The van der Waals surface area contributed by atoms with Gasteiger partial charge in [-0.1, -0.05) is 29.3 Å². The minimum atomic E-state index is -0.438. The smallest absolute Gasteiger partial charge is 0.271 e. The zero-order chi connectivity index (χ0) is 15.4. The molecule has 0 bridgehead atoms. The highest BCUT2D eigenvalue weighted by Gasteiger charge is 2.09. The Morgan fingerprint density at radius 2 is 1.90 bits per heavy atom. The lowest BCUT2D eigenvalue weighted by Crippen LogP contribution is -2.00. The summed E-state index contributed by atoms with van der Waals surface area (Å²) in [6.07, 6.45) is 0. The molecular weight excluding hydrogens is 315 g/mol. The van der Waals surface area contributed by atoms with Crippen LogP contribution in [0, 0.1) is 10.1 Å². The van der Waals surface area contributed by atoms with Gasteiger partial charge in [0.05, 0.1) is 22.1 Å². The van der Waals surface area contributed by atoms with Gasteiger partial charge in [-0.3, -0.25) is 10.1 Å². The van der Waals surface area contributed by atoms with E-state index >= 15 is 0 Å². The summed E-state index contributed by atoms with van der Waals surface area (Å²) >= 11 is 12.1. The second kappa shape index (κ2) is 6.65. The molecule has 110 valence electrons. The molecule has 0 aliphatic rings. The Balaban J connectivity index is 2.13. The molecule has 21 heavy (non-hydrogen) atoms. The molecule has 0 heterocycles. The molecule has 0 amide bonds. The second-order valence-corrected chi connectivity index (χ2v) is 5.07. The molecule has 2 rings (SSSR count). The number of ether oxygens (including phenoxy) is 1. The molecule has 1 N–H and O–H groups in total. The first-order valence-corrected chi connectivity index (χ1v) is 6.77. The van der Waals surface area contributed by atoms with Gasteiger partial charge in [0, 0.05) is 24.4 Å².